The first-order valence-corrected chi connectivity index (χ1v) is 8.47. The van der Waals surface area contributed by atoms with E-state index in [1.165, 1.54) is 36.8 Å². The van der Waals surface area contributed by atoms with E-state index in [2.05, 4.69) is 49.4 Å². The Kier molecular flexibility index (Phi) is 9.33. The number of hydrogen-bond donors (Lipinski definition) is 0. The van der Waals surface area contributed by atoms with Crippen LogP contribution in [-0.4, -0.2) is 14.2 Å². The SMILES string of the molecule is COc1ccc(CC(C)CCCCc2ccccc2)cc1OC.Cl. The molecule has 0 aromatic heterocycles. The lowest BCUT2D eigenvalue weighted by atomic mass is 9.94. The van der Waals surface area contributed by atoms with Crippen LogP contribution in [0.15, 0.2) is 48.5 Å². The average molecular weight is 349 g/mol. The summed E-state index contributed by atoms with van der Waals surface area (Å²) in [5, 5.41) is 0. The van der Waals surface area contributed by atoms with Crippen LogP contribution in [0.2, 0.25) is 0 Å². The molecule has 0 amide bonds. The number of ether oxygens (including phenoxy) is 2. The van der Waals surface area contributed by atoms with Crippen molar-refractivity contribution in [1.29, 1.82) is 0 Å². The smallest absolute Gasteiger partial charge is 0.160 e. The van der Waals surface area contributed by atoms with Crippen LogP contribution in [0.25, 0.3) is 0 Å². The number of halogens is 1. The second-order valence-corrected chi connectivity index (χ2v) is 6.23. The Morgan fingerprint density at radius 1 is 0.833 bits per heavy atom. The standard InChI is InChI=1S/C21H28O2.ClH/c1-17(9-7-8-12-18-10-5-4-6-11-18)15-19-13-14-20(22-2)21(16-19)23-3;/h4-6,10-11,13-14,16-17H,7-9,12,15H2,1-3H3;1H. The van der Waals surface area contributed by atoms with E-state index in [1.807, 2.05) is 6.07 Å². The van der Waals surface area contributed by atoms with Crippen molar-refractivity contribution in [2.75, 3.05) is 14.2 Å². The fourth-order valence-electron chi connectivity index (χ4n) is 2.98. The molecule has 3 heteroatoms. The first-order chi connectivity index (χ1) is 11.2. The average Bonchev–Trinajstić information content (AvgIpc) is 2.59. The monoisotopic (exact) mass is 348 g/mol. The van der Waals surface area contributed by atoms with Gasteiger partial charge in [0.1, 0.15) is 0 Å². The highest BCUT2D eigenvalue weighted by atomic mass is 35.5. The molecule has 24 heavy (non-hydrogen) atoms. The van der Waals surface area contributed by atoms with Crippen LogP contribution in [0.5, 0.6) is 11.5 Å². The van der Waals surface area contributed by atoms with Gasteiger partial charge in [0.05, 0.1) is 14.2 Å². The fraction of sp³-hybridized carbons (Fsp3) is 0.429. The molecule has 0 saturated carbocycles. The zero-order valence-electron chi connectivity index (χ0n) is 15.0. The third-order valence-electron chi connectivity index (χ3n) is 4.29. The van der Waals surface area contributed by atoms with Gasteiger partial charge >= 0.3 is 0 Å². The van der Waals surface area contributed by atoms with Crippen LogP contribution in [-0.2, 0) is 12.8 Å². The van der Waals surface area contributed by atoms with E-state index in [9.17, 15) is 0 Å². The maximum atomic E-state index is 5.38. The minimum atomic E-state index is 0. The number of unbranched alkanes of at least 4 members (excludes halogenated alkanes) is 1. The van der Waals surface area contributed by atoms with Crippen molar-refractivity contribution < 1.29 is 9.47 Å². The van der Waals surface area contributed by atoms with Crippen LogP contribution in [0, 0.1) is 5.92 Å². The topological polar surface area (TPSA) is 18.5 Å². The largest absolute Gasteiger partial charge is 0.493 e. The van der Waals surface area contributed by atoms with Gasteiger partial charge in [0.2, 0.25) is 0 Å². The summed E-state index contributed by atoms with van der Waals surface area (Å²) in [6, 6.07) is 17.0. The first-order valence-electron chi connectivity index (χ1n) is 8.47. The second-order valence-electron chi connectivity index (χ2n) is 6.23. The Hall–Kier alpha value is -1.67. The highest BCUT2D eigenvalue weighted by Crippen LogP contribution is 2.29. The van der Waals surface area contributed by atoms with Crippen molar-refractivity contribution in [2.24, 2.45) is 5.92 Å². The van der Waals surface area contributed by atoms with E-state index in [0.717, 1.165) is 17.9 Å². The zero-order valence-corrected chi connectivity index (χ0v) is 15.8. The van der Waals surface area contributed by atoms with E-state index >= 15 is 0 Å². The van der Waals surface area contributed by atoms with Crippen molar-refractivity contribution >= 4 is 12.4 Å². The maximum Gasteiger partial charge on any atom is 0.160 e. The molecule has 0 aliphatic carbocycles. The summed E-state index contributed by atoms with van der Waals surface area (Å²) in [4.78, 5) is 0. The summed E-state index contributed by atoms with van der Waals surface area (Å²) in [6.45, 7) is 2.33. The summed E-state index contributed by atoms with van der Waals surface area (Å²) < 4.78 is 10.7. The predicted molar refractivity (Wildman–Crippen MR) is 104 cm³/mol. The molecule has 132 valence electrons. The van der Waals surface area contributed by atoms with Gasteiger partial charge in [-0.1, -0.05) is 56.2 Å². The first kappa shape index (κ1) is 20.4. The van der Waals surface area contributed by atoms with E-state index in [-0.39, 0.29) is 12.4 Å². The molecule has 2 rings (SSSR count). The minimum Gasteiger partial charge on any atom is -0.493 e. The van der Waals surface area contributed by atoms with Crippen molar-refractivity contribution in [1.82, 2.24) is 0 Å². The van der Waals surface area contributed by atoms with Gasteiger partial charge in [-0.15, -0.1) is 12.4 Å². The fourth-order valence-corrected chi connectivity index (χ4v) is 2.98. The molecule has 2 nitrogen and oxygen atoms in total. The van der Waals surface area contributed by atoms with Gasteiger partial charge in [-0.05, 0) is 48.4 Å². The van der Waals surface area contributed by atoms with Crippen molar-refractivity contribution in [2.45, 2.75) is 39.0 Å². The minimum absolute atomic E-state index is 0. The molecule has 0 fully saturated rings. The molecular weight excluding hydrogens is 320 g/mol. The summed E-state index contributed by atoms with van der Waals surface area (Å²) in [5.41, 5.74) is 2.76. The van der Waals surface area contributed by atoms with Crippen LogP contribution in [0.4, 0.5) is 0 Å². The molecule has 0 heterocycles. The third-order valence-corrected chi connectivity index (χ3v) is 4.29. The predicted octanol–water partition coefficient (Wildman–Crippen LogP) is 5.72. The Morgan fingerprint density at radius 2 is 1.54 bits per heavy atom. The molecule has 0 N–H and O–H groups in total. The van der Waals surface area contributed by atoms with Gasteiger partial charge in [-0.3, -0.25) is 0 Å². The Morgan fingerprint density at radius 3 is 2.21 bits per heavy atom. The maximum absolute atomic E-state index is 5.38. The number of rotatable bonds is 9. The van der Waals surface area contributed by atoms with Crippen LogP contribution in [0.3, 0.4) is 0 Å². The third kappa shape index (κ3) is 6.45. The number of hydrogen-bond acceptors (Lipinski definition) is 2. The van der Waals surface area contributed by atoms with Gasteiger partial charge in [0.15, 0.2) is 11.5 Å². The second kappa shape index (κ2) is 11.0. The van der Waals surface area contributed by atoms with Gasteiger partial charge in [-0.2, -0.15) is 0 Å². The van der Waals surface area contributed by atoms with E-state index < -0.39 is 0 Å². The van der Waals surface area contributed by atoms with Gasteiger partial charge in [-0.25, -0.2) is 0 Å². The van der Waals surface area contributed by atoms with Gasteiger partial charge < -0.3 is 9.47 Å². The zero-order chi connectivity index (χ0) is 16.5. The summed E-state index contributed by atoms with van der Waals surface area (Å²) in [5.74, 6) is 2.30. The normalized spacial score (nSPS) is 11.5. The summed E-state index contributed by atoms with van der Waals surface area (Å²) >= 11 is 0. The molecule has 0 saturated heterocycles. The Labute approximate surface area is 152 Å². The highest BCUT2D eigenvalue weighted by molar-refractivity contribution is 5.85. The van der Waals surface area contributed by atoms with Gasteiger partial charge in [0, 0.05) is 0 Å². The number of methoxy groups -OCH3 is 2. The van der Waals surface area contributed by atoms with E-state index in [0.29, 0.717) is 5.92 Å². The van der Waals surface area contributed by atoms with Crippen molar-refractivity contribution in [3.05, 3.63) is 59.7 Å². The van der Waals surface area contributed by atoms with Crippen LogP contribution >= 0.6 is 12.4 Å². The molecule has 2 aromatic rings. The Bertz CT molecular complexity index is 584. The lowest BCUT2D eigenvalue weighted by Crippen LogP contribution is -2.01. The molecule has 0 bridgehead atoms. The van der Waals surface area contributed by atoms with Gasteiger partial charge in [0.25, 0.3) is 0 Å². The Balaban J connectivity index is 0.00000288. The molecule has 0 spiro atoms. The molecule has 2 aromatic carbocycles. The summed E-state index contributed by atoms with van der Waals surface area (Å²) in [6.07, 6.45) is 6.08. The highest BCUT2D eigenvalue weighted by Gasteiger charge is 2.08. The lowest BCUT2D eigenvalue weighted by Gasteiger charge is -2.14. The molecule has 1 atom stereocenters. The lowest BCUT2D eigenvalue weighted by molar-refractivity contribution is 0.354. The summed E-state index contributed by atoms with van der Waals surface area (Å²) in [7, 11) is 3.36. The van der Waals surface area contributed by atoms with E-state index in [1.54, 1.807) is 14.2 Å². The number of benzene rings is 2. The van der Waals surface area contributed by atoms with Crippen LogP contribution < -0.4 is 9.47 Å². The van der Waals surface area contributed by atoms with E-state index in [4.69, 9.17) is 9.47 Å². The van der Waals surface area contributed by atoms with Crippen LogP contribution in [0.1, 0.15) is 37.3 Å². The quantitative estimate of drug-likeness (QED) is 0.540. The molecule has 1 unspecified atom stereocenters. The van der Waals surface area contributed by atoms with Crippen molar-refractivity contribution in [3.8, 4) is 11.5 Å². The molecule has 0 aliphatic heterocycles. The molecule has 0 radical (unpaired) electrons. The number of aryl methyl sites for hydroxylation is 1. The van der Waals surface area contributed by atoms with Crippen molar-refractivity contribution in [3.63, 3.8) is 0 Å². The molecule has 0 aliphatic rings. The molecular formula is C21H29ClO2.